The maximum atomic E-state index is 12.8. The Kier molecular flexibility index (Phi) is 5.89. The normalized spacial score (nSPS) is 14.2. The van der Waals surface area contributed by atoms with Crippen LogP contribution in [0.2, 0.25) is 0 Å². The summed E-state index contributed by atoms with van der Waals surface area (Å²) in [4.78, 5) is 21.7. The summed E-state index contributed by atoms with van der Waals surface area (Å²) in [6.45, 7) is 3.91. The van der Waals surface area contributed by atoms with Gasteiger partial charge in [-0.25, -0.2) is 9.97 Å². The van der Waals surface area contributed by atoms with E-state index < -0.39 is 0 Å². The Hall–Kier alpha value is -0.110. The van der Waals surface area contributed by atoms with Crippen LogP contribution >= 0.6 is 54.5 Å². The lowest BCUT2D eigenvalue weighted by molar-refractivity contribution is -0.121. The van der Waals surface area contributed by atoms with E-state index in [4.69, 9.17) is 0 Å². The van der Waals surface area contributed by atoms with Crippen LogP contribution in [0.4, 0.5) is 0 Å². The third kappa shape index (κ3) is 3.55. The standard InChI is InChI=1S/C13H14Br2N2OS2/c1-7-16-11(5-19-7)9(3-14)13(18)10(4-15)12-6-20-8(2)17-12/h5-6,9-10H,3-4H2,1-2H3. The van der Waals surface area contributed by atoms with E-state index in [-0.39, 0.29) is 17.6 Å². The fourth-order valence-electron chi connectivity index (χ4n) is 1.92. The second-order valence-corrected chi connectivity index (χ2v) is 7.82. The topological polar surface area (TPSA) is 42.9 Å². The molecule has 0 aliphatic rings. The number of alkyl halides is 2. The lowest BCUT2D eigenvalue weighted by Gasteiger charge is -2.16. The summed E-state index contributed by atoms with van der Waals surface area (Å²) in [5, 5.41) is 7.08. The maximum Gasteiger partial charge on any atom is 0.152 e. The third-order valence-corrected chi connectivity index (χ3v) is 5.86. The Morgan fingerprint density at radius 1 is 1.05 bits per heavy atom. The van der Waals surface area contributed by atoms with Crippen LogP contribution in [0.3, 0.4) is 0 Å². The van der Waals surface area contributed by atoms with Gasteiger partial charge in [-0.1, -0.05) is 31.9 Å². The maximum absolute atomic E-state index is 12.8. The lowest BCUT2D eigenvalue weighted by Crippen LogP contribution is -2.23. The molecular weight excluding hydrogens is 424 g/mol. The second-order valence-electron chi connectivity index (χ2n) is 4.40. The molecule has 2 unspecified atom stereocenters. The van der Waals surface area contributed by atoms with Gasteiger partial charge < -0.3 is 0 Å². The van der Waals surface area contributed by atoms with Crippen molar-refractivity contribution in [2.45, 2.75) is 25.7 Å². The molecule has 0 spiro atoms. The molecule has 0 saturated carbocycles. The van der Waals surface area contributed by atoms with Crippen molar-refractivity contribution in [1.29, 1.82) is 0 Å². The van der Waals surface area contributed by atoms with Crippen molar-refractivity contribution in [1.82, 2.24) is 9.97 Å². The highest BCUT2D eigenvalue weighted by Gasteiger charge is 2.30. The number of aryl methyl sites for hydroxylation is 2. The molecular formula is C13H14Br2N2OS2. The molecule has 20 heavy (non-hydrogen) atoms. The predicted molar refractivity (Wildman–Crippen MR) is 91.8 cm³/mol. The molecule has 108 valence electrons. The van der Waals surface area contributed by atoms with Crippen LogP contribution < -0.4 is 0 Å². The number of aromatic nitrogens is 2. The van der Waals surface area contributed by atoms with Crippen LogP contribution in [0.15, 0.2) is 10.8 Å². The van der Waals surface area contributed by atoms with Crippen molar-refractivity contribution < 1.29 is 4.79 Å². The first kappa shape index (κ1) is 16.3. The Bertz CT molecular complexity index is 546. The van der Waals surface area contributed by atoms with E-state index in [0.717, 1.165) is 21.4 Å². The van der Waals surface area contributed by atoms with Gasteiger partial charge in [-0.3, -0.25) is 4.79 Å². The molecule has 0 aromatic carbocycles. The van der Waals surface area contributed by atoms with Gasteiger partial charge in [-0.2, -0.15) is 0 Å². The predicted octanol–water partition coefficient (Wildman–Crippen LogP) is 4.44. The van der Waals surface area contributed by atoms with E-state index in [1.54, 1.807) is 22.7 Å². The van der Waals surface area contributed by atoms with Crippen LogP contribution in [-0.2, 0) is 4.79 Å². The van der Waals surface area contributed by atoms with E-state index in [2.05, 4.69) is 41.8 Å². The first-order chi connectivity index (χ1) is 9.56. The first-order valence-electron chi connectivity index (χ1n) is 6.06. The van der Waals surface area contributed by atoms with E-state index in [0.29, 0.717) is 10.7 Å². The van der Waals surface area contributed by atoms with E-state index >= 15 is 0 Å². The molecule has 2 aromatic rings. The van der Waals surface area contributed by atoms with Crippen LogP contribution in [0.25, 0.3) is 0 Å². The van der Waals surface area contributed by atoms with Gasteiger partial charge in [-0.15, -0.1) is 22.7 Å². The summed E-state index contributed by atoms with van der Waals surface area (Å²) in [7, 11) is 0. The van der Waals surface area contributed by atoms with Gasteiger partial charge in [-0.05, 0) is 13.8 Å². The van der Waals surface area contributed by atoms with Crippen molar-refractivity contribution in [3.8, 4) is 0 Å². The molecule has 2 atom stereocenters. The quantitative estimate of drug-likeness (QED) is 0.627. The zero-order valence-electron chi connectivity index (χ0n) is 11.1. The molecule has 3 nitrogen and oxygen atoms in total. The Morgan fingerprint density at radius 3 is 1.70 bits per heavy atom. The molecule has 2 heterocycles. The van der Waals surface area contributed by atoms with Crippen molar-refractivity contribution in [3.63, 3.8) is 0 Å². The third-order valence-electron chi connectivity index (χ3n) is 2.98. The highest BCUT2D eigenvalue weighted by Crippen LogP contribution is 2.30. The Labute approximate surface area is 143 Å². The largest absolute Gasteiger partial charge is 0.298 e. The first-order valence-corrected chi connectivity index (χ1v) is 10.1. The number of Topliss-reactive ketones (excluding diaryl/α,β-unsaturated/α-hetero) is 1. The van der Waals surface area contributed by atoms with Gasteiger partial charge in [0.1, 0.15) is 0 Å². The highest BCUT2D eigenvalue weighted by molar-refractivity contribution is 9.09. The molecule has 0 saturated heterocycles. The van der Waals surface area contributed by atoms with Gasteiger partial charge in [0, 0.05) is 21.4 Å². The molecule has 7 heteroatoms. The summed E-state index contributed by atoms with van der Waals surface area (Å²) < 4.78 is 0. The van der Waals surface area contributed by atoms with Crippen molar-refractivity contribution in [3.05, 3.63) is 32.2 Å². The average molecular weight is 438 g/mol. The minimum absolute atomic E-state index is 0.161. The number of thiazole rings is 2. The number of carbonyl (C=O) groups excluding carboxylic acids is 1. The van der Waals surface area contributed by atoms with Gasteiger partial charge in [0.15, 0.2) is 5.78 Å². The Morgan fingerprint density at radius 2 is 1.45 bits per heavy atom. The van der Waals surface area contributed by atoms with E-state index in [1.807, 2.05) is 24.6 Å². The van der Waals surface area contributed by atoms with Gasteiger partial charge in [0.25, 0.3) is 0 Å². The van der Waals surface area contributed by atoms with E-state index in [1.165, 1.54) is 0 Å². The summed E-state index contributed by atoms with van der Waals surface area (Å²) in [6, 6.07) is 0. The molecule has 0 fully saturated rings. The molecule has 0 radical (unpaired) electrons. The number of carbonyl (C=O) groups is 1. The van der Waals surface area contributed by atoms with Crippen LogP contribution in [0, 0.1) is 13.8 Å². The van der Waals surface area contributed by atoms with Crippen LogP contribution in [0.1, 0.15) is 33.2 Å². The fraction of sp³-hybridized carbons (Fsp3) is 0.462. The van der Waals surface area contributed by atoms with Gasteiger partial charge in [0.05, 0.1) is 33.2 Å². The lowest BCUT2D eigenvalue weighted by atomic mass is 9.91. The number of hydrogen-bond acceptors (Lipinski definition) is 5. The minimum atomic E-state index is -0.218. The number of halogens is 2. The number of ketones is 1. The summed E-state index contributed by atoms with van der Waals surface area (Å²) >= 11 is 10.0. The molecule has 0 bridgehead atoms. The van der Waals surface area contributed by atoms with Crippen molar-refractivity contribution in [2.75, 3.05) is 10.7 Å². The van der Waals surface area contributed by atoms with Crippen molar-refractivity contribution >= 4 is 60.3 Å². The smallest absolute Gasteiger partial charge is 0.152 e. The molecule has 0 aliphatic heterocycles. The average Bonchev–Trinajstić information content (AvgIpc) is 3.01. The van der Waals surface area contributed by atoms with Gasteiger partial charge >= 0.3 is 0 Å². The second kappa shape index (κ2) is 7.24. The molecule has 2 aromatic heterocycles. The van der Waals surface area contributed by atoms with Crippen molar-refractivity contribution in [2.24, 2.45) is 0 Å². The SMILES string of the molecule is Cc1nc(C(CBr)C(=O)C(CBr)c2csc(C)n2)cs1. The highest BCUT2D eigenvalue weighted by atomic mass is 79.9. The number of rotatable bonds is 6. The minimum Gasteiger partial charge on any atom is -0.298 e. The molecule has 0 aliphatic carbocycles. The monoisotopic (exact) mass is 436 g/mol. The zero-order chi connectivity index (χ0) is 14.7. The van der Waals surface area contributed by atoms with Crippen LogP contribution in [0.5, 0.6) is 0 Å². The molecule has 2 rings (SSSR count). The van der Waals surface area contributed by atoms with E-state index in [9.17, 15) is 4.79 Å². The summed E-state index contributed by atoms with van der Waals surface area (Å²) in [5.41, 5.74) is 1.71. The summed E-state index contributed by atoms with van der Waals surface area (Å²) in [5.74, 6) is -0.275. The molecule has 0 amide bonds. The zero-order valence-corrected chi connectivity index (χ0v) is 15.9. The summed E-state index contributed by atoms with van der Waals surface area (Å²) in [6.07, 6.45) is 0. The van der Waals surface area contributed by atoms with Crippen LogP contribution in [-0.4, -0.2) is 26.4 Å². The van der Waals surface area contributed by atoms with Gasteiger partial charge in [0.2, 0.25) is 0 Å². The molecule has 0 N–H and O–H groups in total. The fourth-order valence-corrected chi connectivity index (χ4v) is 4.56. The number of nitrogens with zero attached hydrogens (tertiary/aromatic N) is 2. The number of hydrogen-bond donors (Lipinski definition) is 0. The Balaban J connectivity index is 2.26.